The molecular formula is C23H20N2O2. The van der Waals surface area contributed by atoms with Crippen LogP contribution in [-0.2, 0) is 0 Å². The molecule has 2 heterocycles. The van der Waals surface area contributed by atoms with Gasteiger partial charge in [0.25, 0.3) is 11.8 Å². The minimum atomic E-state index is -0.244. The van der Waals surface area contributed by atoms with Gasteiger partial charge in [-0.15, -0.1) is 0 Å². The van der Waals surface area contributed by atoms with E-state index in [0.717, 1.165) is 35.1 Å². The number of carbonyl (C=O) groups is 2. The molecule has 5 rings (SSSR count). The van der Waals surface area contributed by atoms with Gasteiger partial charge in [-0.05, 0) is 49.6 Å². The normalized spacial score (nSPS) is 16.5. The monoisotopic (exact) mass is 356 g/mol. The second-order valence-electron chi connectivity index (χ2n) is 7.29. The lowest BCUT2D eigenvalue weighted by molar-refractivity contribution is 0.0893. The van der Waals surface area contributed by atoms with Crippen molar-refractivity contribution in [2.75, 3.05) is 22.9 Å². The first kappa shape index (κ1) is 16.1. The van der Waals surface area contributed by atoms with E-state index in [1.165, 1.54) is 17.7 Å². The summed E-state index contributed by atoms with van der Waals surface area (Å²) in [6.07, 6.45) is 2.36. The number of hydrogen-bond acceptors (Lipinski definition) is 3. The third-order valence-corrected chi connectivity index (χ3v) is 5.69. The van der Waals surface area contributed by atoms with Crippen molar-refractivity contribution in [3.8, 4) is 0 Å². The molecule has 1 saturated heterocycles. The summed E-state index contributed by atoms with van der Waals surface area (Å²) >= 11 is 0. The van der Waals surface area contributed by atoms with E-state index in [0.29, 0.717) is 16.8 Å². The average Bonchev–Trinajstić information content (AvgIpc) is 3.22. The van der Waals surface area contributed by atoms with Crippen molar-refractivity contribution in [1.82, 2.24) is 0 Å². The van der Waals surface area contributed by atoms with Crippen molar-refractivity contribution in [3.63, 3.8) is 0 Å². The van der Waals surface area contributed by atoms with Crippen molar-refractivity contribution in [2.24, 2.45) is 0 Å². The van der Waals surface area contributed by atoms with E-state index in [2.05, 4.69) is 4.90 Å². The summed E-state index contributed by atoms with van der Waals surface area (Å²) in [5.74, 6) is -0.489. The summed E-state index contributed by atoms with van der Waals surface area (Å²) < 4.78 is 0. The molecule has 0 bridgehead atoms. The SMILES string of the molecule is Cc1ccccc1N1C(=O)c2cccc3c(N4CCCC4)ccc(c23)C1=O. The summed E-state index contributed by atoms with van der Waals surface area (Å²) in [7, 11) is 0. The van der Waals surface area contributed by atoms with Gasteiger partial charge in [-0.2, -0.15) is 0 Å². The smallest absolute Gasteiger partial charge is 0.265 e. The highest BCUT2D eigenvalue weighted by atomic mass is 16.2. The number of rotatable bonds is 2. The van der Waals surface area contributed by atoms with E-state index in [1.807, 2.05) is 61.5 Å². The van der Waals surface area contributed by atoms with Crippen molar-refractivity contribution in [3.05, 3.63) is 71.3 Å². The van der Waals surface area contributed by atoms with E-state index in [-0.39, 0.29) is 11.8 Å². The van der Waals surface area contributed by atoms with E-state index in [4.69, 9.17) is 0 Å². The van der Waals surface area contributed by atoms with Crippen molar-refractivity contribution < 1.29 is 9.59 Å². The molecule has 4 heteroatoms. The van der Waals surface area contributed by atoms with E-state index >= 15 is 0 Å². The number of benzene rings is 3. The maximum Gasteiger partial charge on any atom is 0.265 e. The molecule has 0 N–H and O–H groups in total. The number of anilines is 2. The highest BCUT2D eigenvalue weighted by Gasteiger charge is 2.35. The van der Waals surface area contributed by atoms with Gasteiger partial charge in [0.1, 0.15) is 0 Å². The van der Waals surface area contributed by atoms with Crippen LogP contribution in [0.2, 0.25) is 0 Å². The first-order valence-electron chi connectivity index (χ1n) is 9.42. The molecule has 3 aromatic carbocycles. The van der Waals surface area contributed by atoms with Gasteiger partial charge in [0.15, 0.2) is 0 Å². The summed E-state index contributed by atoms with van der Waals surface area (Å²) in [6.45, 7) is 3.97. The van der Waals surface area contributed by atoms with Crippen LogP contribution >= 0.6 is 0 Å². The van der Waals surface area contributed by atoms with Crippen LogP contribution in [0.4, 0.5) is 11.4 Å². The molecule has 0 aromatic heterocycles. The molecule has 27 heavy (non-hydrogen) atoms. The Kier molecular flexibility index (Phi) is 3.54. The minimum Gasteiger partial charge on any atom is -0.371 e. The average molecular weight is 356 g/mol. The quantitative estimate of drug-likeness (QED) is 0.633. The van der Waals surface area contributed by atoms with E-state index in [1.54, 1.807) is 0 Å². The van der Waals surface area contributed by atoms with Gasteiger partial charge in [0.2, 0.25) is 0 Å². The third kappa shape index (κ3) is 2.29. The van der Waals surface area contributed by atoms with Crippen LogP contribution in [0.25, 0.3) is 10.8 Å². The topological polar surface area (TPSA) is 40.6 Å². The molecular weight excluding hydrogens is 336 g/mol. The molecule has 0 spiro atoms. The van der Waals surface area contributed by atoms with Crippen LogP contribution in [0.15, 0.2) is 54.6 Å². The van der Waals surface area contributed by atoms with E-state index in [9.17, 15) is 9.59 Å². The number of amides is 2. The highest BCUT2D eigenvalue weighted by Crippen LogP contribution is 2.38. The molecule has 0 atom stereocenters. The molecule has 2 aliphatic heterocycles. The van der Waals surface area contributed by atoms with Crippen LogP contribution in [0.1, 0.15) is 39.1 Å². The number of aryl methyl sites for hydroxylation is 1. The van der Waals surface area contributed by atoms with Crippen molar-refractivity contribution >= 4 is 34.0 Å². The first-order valence-corrected chi connectivity index (χ1v) is 9.42. The van der Waals surface area contributed by atoms with E-state index < -0.39 is 0 Å². The number of nitrogens with zero attached hydrogens (tertiary/aromatic N) is 2. The Balaban J connectivity index is 1.73. The van der Waals surface area contributed by atoms with Crippen molar-refractivity contribution in [1.29, 1.82) is 0 Å². The Hall–Kier alpha value is -3.14. The van der Waals surface area contributed by atoms with Gasteiger partial charge in [-0.1, -0.05) is 30.3 Å². The first-order chi connectivity index (χ1) is 13.2. The second-order valence-corrected chi connectivity index (χ2v) is 7.29. The van der Waals surface area contributed by atoms with Gasteiger partial charge in [-0.3, -0.25) is 9.59 Å². The summed E-state index contributed by atoms with van der Waals surface area (Å²) in [4.78, 5) is 30.3. The molecule has 1 fully saturated rings. The third-order valence-electron chi connectivity index (χ3n) is 5.69. The predicted octanol–water partition coefficient (Wildman–Crippen LogP) is 4.55. The molecule has 134 valence electrons. The molecule has 2 aliphatic rings. The van der Waals surface area contributed by atoms with Crippen LogP contribution in [0.5, 0.6) is 0 Å². The fourth-order valence-electron chi connectivity index (χ4n) is 4.35. The lowest BCUT2D eigenvalue weighted by atomic mass is 9.92. The molecule has 2 amide bonds. The summed E-state index contributed by atoms with van der Waals surface area (Å²) in [5.41, 5.74) is 3.89. The lowest BCUT2D eigenvalue weighted by Gasteiger charge is -2.30. The number of carbonyl (C=O) groups excluding carboxylic acids is 2. The van der Waals surface area contributed by atoms with Gasteiger partial charge < -0.3 is 4.90 Å². The van der Waals surface area contributed by atoms with Crippen LogP contribution < -0.4 is 9.80 Å². The molecule has 0 unspecified atom stereocenters. The standard InChI is InChI=1S/C23H20N2O2/c1-15-7-2-3-10-19(15)25-22(26)17-9-6-8-16-20(24-13-4-5-14-24)12-11-18(21(16)17)23(25)27/h2-3,6-12H,4-5,13-14H2,1H3. The Morgan fingerprint density at radius 1 is 0.741 bits per heavy atom. The molecule has 3 aromatic rings. The maximum absolute atomic E-state index is 13.3. The predicted molar refractivity (Wildman–Crippen MR) is 108 cm³/mol. The Morgan fingerprint density at radius 2 is 1.44 bits per heavy atom. The fraction of sp³-hybridized carbons (Fsp3) is 0.217. The molecule has 0 radical (unpaired) electrons. The van der Waals surface area contributed by atoms with Gasteiger partial charge >= 0.3 is 0 Å². The summed E-state index contributed by atoms with van der Waals surface area (Å²) in [5, 5.41) is 1.79. The van der Waals surface area contributed by atoms with Gasteiger partial charge in [-0.25, -0.2) is 4.90 Å². The second kappa shape index (κ2) is 5.95. The zero-order valence-electron chi connectivity index (χ0n) is 15.2. The van der Waals surface area contributed by atoms with Crippen molar-refractivity contribution in [2.45, 2.75) is 19.8 Å². The van der Waals surface area contributed by atoms with Crippen LogP contribution in [-0.4, -0.2) is 24.9 Å². The lowest BCUT2D eigenvalue weighted by Crippen LogP contribution is -2.41. The van der Waals surface area contributed by atoms with Crippen LogP contribution in [0.3, 0.4) is 0 Å². The number of imide groups is 1. The number of para-hydroxylation sites is 1. The number of hydrogen-bond donors (Lipinski definition) is 0. The van der Waals surface area contributed by atoms with Gasteiger partial charge in [0, 0.05) is 40.7 Å². The Labute approximate surface area is 158 Å². The Morgan fingerprint density at radius 3 is 2.19 bits per heavy atom. The molecule has 0 aliphatic carbocycles. The maximum atomic E-state index is 13.3. The largest absolute Gasteiger partial charge is 0.371 e. The molecule has 0 saturated carbocycles. The minimum absolute atomic E-state index is 0.244. The highest BCUT2D eigenvalue weighted by molar-refractivity contribution is 6.36. The van der Waals surface area contributed by atoms with Gasteiger partial charge in [0.05, 0.1) is 5.69 Å². The fourth-order valence-corrected chi connectivity index (χ4v) is 4.35. The summed E-state index contributed by atoms with van der Waals surface area (Å²) in [6, 6.07) is 17.2. The zero-order chi connectivity index (χ0) is 18.5. The molecule has 4 nitrogen and oxygen atoms in total. The zero-order valence-corrected chi connectivity index (χ0v) is 15.2. The Bertz CT molecular complexity index is 1070. The van der Waals surface area contributed by atoms with Crippen LogP contribution in [0, 0.1) is 6.92 Å².